The van der Waals surface area contributed by atoms with Crippen molar-refractivity contribution in [2.45, 2.75) is 6.18 Å². The first-order chi connectivity index (χ1) is 35.9. The Balaban J connectivity index is 0.000000167. The Hall–Kier alpha value is -8.77. The van der Waals surface area contributed by atoms with Gasteiger partial charge in [-0.25, -0.2) is 44.7 Å². The van der Waals surface area contributed by atoms with E-state index < -0.39 is 22.8 Å². The summed E-state index contributed by atoms with van der Waals surface area (Å²) in [5, 5.41) is 17.9. The van der Waals surface area contributed by atoms with Crippen molar-refractivity contribution in [1.29, 1.82) is 0 Å². The molecule has 3 aromatic carbocycles. The number of aryl methyl sites for hydroxylation is 3. The van der Waals surface area contributed by atoms with Crippen molar-refractivity contribution in [2.24, 2.45) is 21.1 Å². The van der Waals surface area contributed by atoms with Crippen LogP contribution in [0.15, 0.2) is 153 Å². The first-order valence-corrected chi connectivity index (χ1v) is 22.9. The topological polar surface area (TPSA) is 242 Å². The van der Waals surface area contributed by atoms with Gasteiger partial charge in [0, 0.05) is 110 Å². The summed E-state index contributed by atoms with van der Waals surface area (Å²) in [7, 11) is 5.50. The average Bonchev–Trinajstić information content (AvgIpc) is 4.14. The molecule has 382 valence electrons. The van der Waals surface area contributed by atoms with E-state index in [4.69, 9.17) is 61.6 Å². The van der Waals surface area contributed by atoms with Crippen molar-refractivity contribution >= 4 is 69.5 Å². The van der Waals surface area contributed by atoms with Gasteiger partial charge in [0.15, 0.2) is 0 Å². The third-order valence-electron chi connectivity index (χ3n) is 9.44. The number of urea groups is 1. The van der Waals surface area contributed by atoms with E-state index in [2.05, 4.69) is 65.8 Å². The Morgan fingerprint density at radius 1 is 0.533 bits per heavy atom. The number of carbonyl (C=O) groups is 1. The summed E-state index contributed by atoms with van der Waals surface area (Å²) in [6.07, 6.45) is 11.6. The average molecular weight is 1100 g/mol. The molecule has 0 saturated heterocycles. The summed E-state index contributed by atoms with van der Waals surface area (Å²) in [6.45, 7) is 0. The second kappa shape index (κ2) is 25.3. The number of nitrogens with two attached hydrogens (primary N) is 1. The van der Waals surface area contributed by atoms with Crippen molar-refractivity contribution < 1.29 is 27.4 Å². The molecule has 75 heavy (non-hydrogen) atoms. The normalized spacial score (nSPS) is 10.6. The maximum absolute atomic E-state index is 13.0. The highest BCUT2D eigenvalue weighted by Crippen LogP contribution is 2.36. The smallest absolute Gasteiger partial charge is 0.417 e. The molecular weight excluding hydrogens is 1060 g/mol. The van der Waals surface area contributed by atoms with Crippen molar-refractivity contribution in [3.8, 4) is 57.0 Å². The third-order valence-corrected chi connectivity index (χ3v) is 10.4. The lowest BCUT2D eigenvalue weighted by molar-refractivity contribution is -0.137. The van der Waals surface area contributed by atoms with Crippen molar-refractivity contribution in [3.05, 3.63) is 180 Å². The maximum atomic E-state index is 13.0. The predicted octanol–water partition coefficient (Wildman–Crippen LogP) is 11.6. The minimum Gasteiger partial charge on any atom is -0.439 e. The van der Waals surface area contributed by atoms with Crippen molar-refractivity contribution in [2.75, 3.05) is 16.4 Å². The number of halogens is 7. The molecule has 20 nitrogen and oxygen atoms in total. The molecule has 0 aliphatic heterocycles. The van der Waals surface area contributed by atoms with Crippen molar-refractivity contribution in [1.82, 2.24) is 69.2 Å². The molecule has 4 N–H and O–H groups in total. The second-order valence-electron chi connectivity index (χ2n) is 15.2. The Labute approximate surface area is 444 Å². The Morgan fingerprint density at radius 3 is 1.41 bits per heavy atom. The summed E-state index contributed by atoms with van der Waals surface area (Å²) in [4.78, 5) is 44.0. The predicted molar refractivity (Wildman–Crippen MR) is 276 cm³/mol. The first-order valence-electron chi connectivity index (χ1n) is 21.4. The molecule has 0 unspecified atom stereocenters. The van der Waals surface area contributed by atoms with E-state index in [1.807, 2.05) is 38.6 Å². The van der Waals surface area contributed by atoms with Gasteiger partial charge in [-0.05, 0) is 42.5 Å². The molecule has 0 bridgehead atoms. The highest BCUT2D eigenvalue weighted by Gasteiger charge is 2.33. The molecule has 2 amide bonds. The summed E-state index contributed by atoms with van der Waals surface area (Å²) in [5.74, 6) is 1.75. The molecule has 0 radical (unpaired) electrons. The number of amides is 2. The second-order valence-corrected chi connectivity index (χ2v) is 16.7. The van der Waals surface area contributed by atoms with Gasteiger partial charge in [0.2, 0.25) is 11.8 Å². The van der Waals surface area contributed by atoms with Crippen LogP contribution in [0.25, 0.3) is 33.8 Å². The number of rotatable bonds is 9. The van der Waals surface area contributed by atoms with E-state index in [0.29, 0.717) is 49.9 Å². The molecule has 0 fully saturated rings. The minimum absolute atomic E-state index is 0.0643. The lowest BCUT2D eigenvalue weighted by Crippen LogP contribution is -2.20. The third kappa shape index (κ3) is 16.6. The van der Waals surface area contributed by atoms with Gasteiger partial charge in [-0.2, -0.15) is 28.5 Å². The number of alkyl halides is 3. The van der Waals surface area contributed by atoms with Gasteiger partial charge in [-0.15, -0.1) is 0 Å². The van der Waals surface area contributed by atoms with Gasteiger partial charge >= 0.3 is 12.2 Å². The summed E-state index contributed by atoms with van der Waals surface area (Å²) in [5.41, 5.74) is 10.4. The zero-order valence-electron chi connectivity index (χ0n) is 39.1. The van der Waals surface area contributed by atoms with E-state index in [1.165, 1.54) is 43.5 Å². The Kier molecular flexibility index (Phi) is 18.2. The lowest BCUT2D eigenvalue weighted by atomic mass is 10.2. The molecule has 10 rings (SSSR count). The largest absolute Gasteiger partial charge is 0.439 e. The Morgan fingerprint density at radius 2 is 0.973 bits per heavy atom. The number of carbonyl (C=O) groups excluding carboxylic acids is 1. The number of hydrogen-bond acceptors (Lipinski definition) is 15. The number of nitrogens with one attached hydrogen (secondary N) is 2. The molecule has 7 aromatic heterocycles. The maximum Gasteiger partial charge on any atom is 0.417 e. The van der Waals surface area contributed by atoms with E-state index >= 15 is 0 Å². The number of nitrogens with zero attached hydrogens (tertiary/aromatic N) is 14. The quantitative estimate of drug-likeness (QED) is 0.0899. The van der Waals surface area contributed by atoms with Gasteiger partial charge in [0.1, 0.15) is 52.3 Å². The van der Waals surface area contributed by atoms with E-state index in [0.717, 1.165) is 40.2 Å². The summed E-state index contributed by atoms with van der Waals surface area (Å²) < 4.78 is 55.6. The summed E-state index contributed by atoms with van der Waals surface area (Å²) >= 11 is 22.1. The zero-order valence-corrected chi connectivity index (χ0v) is 42.2. The van der Waals surface area contributed by atoms with Crippen LogP contribution >= 0.6 is 46.4 Å². The number of benzene rings is 3. The highest BCUT2D eigenvalue weighted by molar-refractivity contribution is 6.33. The van der Waals surface area contributed by atoms with E-state index in [-0.39, 0.29) is 11.6 Å². The van der Waals surface area contributed by atoms with Crippen LogP contribution in [0.5, 0.6) is 23.3 Å². The van der Waals surface area contributed by atoms with Crippen LogP contribution in [0.1, 0.15) is 5.56 Å². The number of aromatic nitrogens is 14. The fraction of sp³-hybridized carbons (Fsp3) is 0.0833. The van der Waals surface area contributed by atoms with Crippen LogP contribution in [-0.2, 0) is 27.3 Å². The number of anilines is 3. The summed E-state index contributed by atoms with van der Waals surface area (Å²) in [6, 6.07) is 22.6. The van der Waals surface area contributed by atoms with E-state index in [1.54, 1.807) is 94.4 Å². The van der Waals surface area contributed by atoms with E-state index in [9.17, 15) is 18.0 Å². The van der Waals surface area contributed by atoms with Gasteiger partial charge in [0.25, 0.3) is 0 Å². The molecule has 10 aromatic rings. The monoisotopic (exact) mass is 1100 g/mol. The van der Waals surface area contributed by atoms with Gasteiger partial charge < -0.3 is 25.8 Å². The van der Waals surface area contributed by atoms with Crippen LogP contribution in [0.3, 0.4) is 0 Å². The SMILES string of the molecule is Clc1cc(Cl)ncn1.Cn1cc(-c2cc(Cl)ncn2)cn1.Cn1cc(-c2cc(Oc3cccc(N)c3)ncn2)cn1.Cn1cc(-c2cc(Oc3cccc(NC(=O)Nc4ccc(Cl)c(C(F)(F)F)c4)c3)ncn2)cn1. The van der Waals surface area contributed by atoms with Crippen LogP contribution in [-0.4, -0.2) is 75.2 Å². The molecular formula is C48H38Cl4F3N17O3. The molecule has 0 aliphatic carbocycles. The minimum atomic E-state index is -4.64. The van der Waals surface area contributed by atoms with Crippen LogP contribution in [0.2, 0.25) is 20.5 Å². The van der Waals surface area contributed by atoms with Crippen molar-refractivity contribution in [3.63, 3.8) is 0 Å². The van der Waals surface area contributed by atoms with Gasteiger partial charge in [-0.3, -0.25) is 14.0 Å². The molecule has 0 saturated carbocycles. The first kappa shape index (κ1) is 54.0. The molecule has 0 spiro atoms. The number of nitrogen functional groups attached to an aromatic ring is 1. The molecule has 0 aliphatic rings. The highest BCUT2D eigenvalue weighted by atomic mass is 35.5. The van der Waals surface area contributed by atoms with Gasteiger partial charge in [0.05, 0.1) is 46.3 Å². The van der Waals surface area contributed by atoms with Crippen LogP contribution in [0.4, 0.5) is 35.0 Å². The van der Waals surface area contributed by atoms with Gasteiger partial charge in [-0.1, -0.05) is 58.5 Å². The fourth-order valence-corrected chi connectivity index (χ4v) is 6.86. The standard InChI is InChI=1S/C22H16ClF3N6O2.C14H13N5O.C8H7ClN4.C4H2Cl2N2/c1-32-11-13(10-29-32)19-9-20(28-12-27-19)34-16-4-2-3-14(7-16)30-21(33)31-15-5-6-18(23)17(8-15)22(24,25)26;1-19-8-10(7-18-19)13-6-14(17-9-16-13)20-12-4-2-3-11(15)5-12;1-13-4-6(3-12-13)7-2-8(9)11-5-10-7;5-3-1-4(6)8-2-7-3/h2-12H,1H3,(H2,30,31,33);2-9H,15H2,1H3;2-5H,1H3;1-2H. The zero-order chi connectivity index (χ0) is 53.5. The lowest BCUT2D eigenvalue weighted by Gasteiger charge is -2.13. The Bertz CT molecular complexity index is 3510. The molecule has 7 heterocycles. The molecule has 0 atom stereocenters. The van der Waals surface area contributed by atoms with Crippen LogP contribution < -0.4 is 25.8 Å². The number of ether oxygens (including phenoxy) is 2. The molecule has 27 heteroatoms. The fourth-order valence-electron chi connectivity index (χ4n) is 6.14. The number of hydrogen-bond donors (Lipinski definition) is 3. The van der Waals surface area contributed by atoms with Crippen LogP contribution in [0, 0.1) is 0 Å².